The monoisotopic (exact) mass is 547 g/mol. The van der Waals surface area contributed by atoms with Crippen LogP contribution in [0.4, 0.5) is 0 Å². The molecule has 1 aromatic heterocycles. The Hall–Kier alpha value is -3.69. The molecule has 1 saturated carbocycles. The number of methoxy groups -OCH3 is 1. The van der Waals surface area contributed by atoms with Crippen LogP contribution in [0.2, 0.25) is 0 Å². The number of ether oxygens (including phenoxy) is 1. The molecule has 2 heterocycles. The minimum absolute atomic E-state index is 0.0927. The molecular weight excluding hydrogens is 510 g/mol. The number of aromatic nitrogens is 1. The Bertz CT molecular complexity index is 1320. The highest BCUT2D eigenvalue weighted by molar-refractivity contribution is 5.91. The summed E-state index contributed by atoms with van der Waals surface area (Å²) in [5, 5.41) is 24.0. The fraction of sp³-hybridized carbons (Fsp3) is 0.452. The molecule has 3 N–H and O–H groups in total. The van der Waals surface area contributed by atoms with Crippen LogP contribution in [0, 0.1) is 5.92 Å². The molecule has 1 aliphatic heterocycles. The second-order valence-electron chi connectivity index (χ2n) is 10.7. The van der Waals surface area contributed by atoms with E-state index in [9.17, 15) is 19.8 Å². The summed E-state index contributed by atoms with van der Waals surface area (Å²) in [6.45, 7) is 0.345. The maximum absolute atomic E-state index is 13.5. The van der Waals surface area contributed by atoms with E-state index in [1.54, 1.807) is 12.0 Å². The van der Waals surface area contributed by atoms with E-state index >= 15 is 0 Å². The minimum Gasteiger partial charge on any atom is -0.496 e. The Balaban J connectivity index is 1.21. The number of hydrogen-bond acceptors (Lipinski definition) is 7. The van der Waals surface area contributed by atoms with Gasteiger partial charge in [0.05, 0.1) is 25.4 Å². The predicted molar refractivity (Wildman–Crippen MR) is 147 cm³/mol. The third-order valence-electron chi connectivity index (χ3n) is 8.11. The molecular formula is C31H37N3O6. The highest BCUT2D eigenvalue weighted by atomic mass is 16.5. The molecule has 0 radical (unpaired) electrons. The zero-order chi connectivity index (χ0) is 28.1. The standard InChI is InChI=1S/C31H37N3O6/c1-39-25-14-8-6-12-22(25)17-23-19-40-26(33-23)18-32-30(37)28(35)29(36)31(38)34-16-15-20-9-5-7-13-24(20)27(34)21-10-3-2-4-11-21/h5-9,12-14,19,21,27-29,35-36H,2-4,10-11,15-18H2,1H3,(H,32,37)/t27?,28-,29-/m1/s1. The van der Waals surface area contributed by atoms with Gasteiger partial charge in [-0.25, -0.2) is 4.98 Å². The number of nitrogens with one attached hydrogen (secondary N) is 1. The first-order valence-corrected chi connectivity index (χ1v) is 14.0. The van der Waals surface area contributed by atoms with Gasteiger partial charge in [-0.3, -0.25) is 9.59 Å². The van der Waals surface area contributed by atoms with Crippen molar-refractivity contribution in [3.63, 3.8) is 0 Å². The number of aliphatic hydroxyl groups is 2. The quantitative estimate of drug-likeness (QED) is 0.375. The van der Waals surface area contributed by atoms with Gasteiger partial charge >= 0.3 is 0 Å². The van der Waals surface area contributed by atoms with Gasteiger partial charge in [0, 0.05) is 18.5 Å². The van der Waals surface area contributed by atoms with E-state index in [0.29, 0.717) is 25.1 Å². The van der Waals surface area contributed by atoms with Crippen LogP contribution in [-0.4, -0.2) is 57.8 Å². The van der Waals surface area contributed by atoms with Crippen LogP contribution in [-0.2, 0) is 29.0 Å². The van der Waals surface area contributed by atoms with Gasteiger partial charge in [-0.1, -0.05) is 61.7 Å². The Morgan fingerprint density at radius 3 is 2.62 bits per heavy atom. The van der Waals surface area contributed by atoms with E-state index in [1.165, 1.54) is 18.2 Å². The number of fused-ring (bicyclic) bond motifs is 1. The van der Waals surface area contributed by atoms with Gasteiger partial charge in [0.2, 0.25) is 5.89 Å². The van der Waals surface area contributed by atoms with E-state index in [-0.39, 0.29) is 24.4 Å². The number of aliphatic hydroxyl groups excluding tert-OH is 2. The maximum Gasteiger partial charge on any atom is 0.255 e. The van der Waals surface area contributed by atoms with Crippen LogP contribution >= 0.6 is 0 Å². The van der Waals surface area contributed by atoms with Gasteiger partial charge in [0.15, 0.2) is 12.2 Å². The lowest BCUT2D eigenvalue weighted by molar-refractivity contribution is -0.156. The Kier molecular flexibility index (Phi) is 8.81. The summed E-state index contributed by atoms with van der Waals surface area (Å²) in [6.07, 6.45) is 4.30. The van der Waals surface area contributed by atoms with Gasteiger partial charge < -0.3 is 29.6 Å². The number of amides is 2. The minimum atomic E-state index is -1.92. The topological polar surface area (TPSA) is 125 Å². The third-order valence-corrected chi connectivity index (χ3v) is 8.11. The average molecular weight is 548 g/mol. The molecule has 1 fully saturated rings. The zero-order valence-corrected chi connectivity index (χ0v) is 22.8. The summed E-state index contributed by atoms with van der Waals surface area (Å²) in [5.41, 5.74) is 3.92. The second-order valence-corrected chi connectivity index (χ2v) is 10.7. The van der Waals surface area contributed by atoms with Gasteiger partial charge in [-0.05, 0) is 42.4 Å². The molecule has 2 aliphatic rings. The summed E-state index contributed by atoms with van der Waals surface area (Å²) in [7, 11) is 1.60. The average Bonchev–Trinajstić information content (AvgIpc) is 3.46. The van der Waals surface area contributed by atoms with Crippen molar-refractivity contribution < 1.29 is 29.0 Å². The van der Waals surface area contributed by atoms with Crippen molar-refractivity contribution in [1.29, 1.82) is 0 Å². The van der Waals surface area contributed by atoms with Crippen molar-refractivity contribution in [1.82, 2.24) is 15.2 Å². The molecule has 0 saturated heterocycles. The Morgan fingerprint density at radius 1 is 1.07 bits per heavy atom. The summed E-state index contributed by atoms with van der Waals surface area (Å²) >= 11 is 0. The number of carbonyl (C=O) groups excluding carboxylic acids is 2. The molecule has 3 atom stereocenters. The van der Waals surface area contributed by atoms with Crippen molar-refractivity contribution in [2.24, 2.45) is 5.92 Å². The van der Waals surface area contributed by atoms with E-state index in [2.05, 4.69) is 22.4 Å². The second kappa shape index (κ2) is 12.7. The molecule has 0 bridgehead atoms. The van der Waals surface area contributed by atoms with E-state index in [0.717, 1.165) is 42.6 Å². The third kappa shape index (κ3) is 6.05. The molecule has 2 aromatic carbocycles. The summed E-state index contributed by atoms with van der Waals surface area (Å²) in [5.74, 6) is -0.214. The Morgan fingerprint density at radius 2 is 1.82 bits per heavy atom. The van der Waals surface area contributed by atoms with Gasteiger partial charge in [-0.15, -0.1) is 0 Å². The predicted octanol–water partition coefficient (Wildman–Crippen LogP) is 3.32. The first-order valence-electron chi connectivity index (χ1n) is 14.0. The lowest BCUT2D eigenvalue weighted by Crippen LogP contribution is -2.53. The molecule has 5 rings (SSSR count). The van der Waals surface area contributed by atoms with Crippen molar-refractivity contribution >= 4 is 11.8 Å². The van der Waals surface area contributed by atoms with Crippen LogP contribution in [0.15, 0.2) is 59.2 Å². The number of oxazole rings is 1. The molecule has 2 amide bonds. The normalized spacial score (nSPS) is 19.0. The van der Waals surface area contributed by atoms with Crippen LogP contribution in [0.25, 0.3) is 0 Å². The van der Waals surface area contributed by atoms with Crippen LogP contribution in [0.5, 0.6) is 5.75 Å². The lowest BCUT2D eigenvalue weighted by Gasteiger charge is -2.44. The fourth-order valence-corrected chi connectivity index (χ4v) is 6.07. The number of hydrogen-bond donors (Lipinski definition) is 3. The largest absolute Gasteiger partial charge is 0.496 e. The molecule has 40 heavy (non-hydrogen) atoms. The molecule has 1 unspecified atom stereocenters. The lowest BCUT2D eigenvalue weighted by atomic mass is 9.77. The van der Waals surface area contributed by atoms with E-state index in [1.807, 2.05) is 36.4 Å². The van der Waals surface area contributed by atoms with Crippen molar-refractivity contribution in [2.75, 3.05) is 13.7 Å². The number of rotatable bonds is 9. The van der Waals surface area contributed by atoms with E-state index < -0.39 is 24.0 Å². The Labute approximate surface area is 234 Å². The number of nitrogens with zero attached hydrogens (tertiary/aromatic N) is 2. The van der Waals surface area contributed by atoms with Crippen molar-refractivity contribution in [3.05, 3.63) is 83.1 Å². The number of carbonyl (C=O) groups is 2. The SMILES string of the molecule is COc1ccccc1Cc1coc(CNC(=O)[C@H](O)[C@@H](O)C(=O)N2CCc3ccccc3C2C2CCCCC2)n1. The smallest absolute Gasteiger partial charge is 0.255 e. The van der Waals surface area contributed by atoms with Crippen molar-refractivity contribution in [3.8, 4) is 5.75 Å². The summed E-state index contributed by atoms with van der Waals surface area (Å²) in [4.78, 5) is 32.3. The maximum atomic E-state index is 13.5. The first-order chi connectivity index (χ1) is 19.5. The van der Waals surface area contributed by atoms with Gasteiger partial charge in [0.25, 0.3) is 11.8 Å². The molecule has 9 nitrogen and oxygen atoms in total. The molecule has 3 aromatic rings. The van der Waals surface area contributed by atoms with Crippen LogP contribution < -0.4 is 10.1 Å². The van der Waals surface area contributed by atoms with Crippen LogP contribution in [0.1, 0.15) is 66.4 Å². The van der Waals surface area contributed by atoms with E-state index in [4.69, 9.17) is 9.15 Å². The molecule has 9 heteroatoms. The number of benzene rings is 2. The summed E-state index contributed by atoms with van der Waals surface area (Å²) in [6, 6.07) is 15.6. The highest BCUT2D eigenvalue weighted by Gasteiger charge is 2.41. The zero-order valence-electron chi connectivity index (χ0n) is 22.8. The van der Waals surface area contributed by atoms with Crippen molar-refractivity contribution in [2.45, 2.75) is 69.7 Å². The molecule has 212 valence electrons. The summed E-state index contributed by atoms with van der Waals surface area (Å²) < 4.78 is 10.8. The highest BCUT2D eigenvalue weighted by Crippen LogP contribution is 2.42. The first kappa shape index (κ1) is 27.9. The molecule has 0 spiro atoms. The van der Waals surface area contributed by atoms with Gasteiger partial charge in [-0.2, -0.15) is 0 Å². The molecule has 1 aliphatic carbocycles. The number of para-hydroxylation sites is 1. The van der Waals surface area contributed by atoms with Gasteiger partial charge in [0.1, 0.15) is 12.0 Å². The van der Waals surface area contributed by atoms with Crippen LogP contribution in [0.3, 0.4) is 0 Å². The fourth-order valence-electron chi connectivity index (χ4n) is 6.07.